The molecule has 0 aromatic rings. The first-order valence-corrected chi connectivity index (χ1v) is 2.58. The van der Waals surface area contributed by atoms with E-state index in [9.17, 15) is 4.79 Å². The third-order valence-corrected chi connectivity index (χ3v) is 1.16. The van der Waals surface area contributed by atoms with Gasteiger partial charge in [0.25, 0.3) is 0 Å². The van der Waals surface area contributed by atoms with Gasteiger partial charge in [0, 0.05) is 6.42 Å². The molecule has 54 valence electrons. The van der Waals surface area contributed by atoms with Crippen LogP contribution >= 0.6 is 0 Å². The lowest BCUT2D eigenvalue weighted by atomic mass is 10.2. The number of rotatable bonds is 1. The lowest BCUT2D eigenvalue weighted by Crippen LogP contribution is -2.06. The van der Waals surface area contributed by atoms with Gasteiger partial charge in [0.1, 0.15) is 12.4 Å². The summed E-state index contributed by atoms with van der Waals surface area (Å²) in [6.07, 6.45) is 0.398. The lowest BCUT2D eigenvalue weighted by molar-refractivity contribution is -0.115. The van der Waals surface area contributed by atoms with E-state index >= 15 is 0 Å². The van der Waals surface area contributed by atoms with Gasteiger partial charge in [-0.15, -0.1) is 0 Å². The lowest BCUT2D eigenvalue weighted by Gasteiger charge is -1.93. The minimum absolute atomic E-state index is 0. The molecule has 1 aliphatic heterocycles. The van der Waals surface area contributed by atoms with Crippen molar-refractivity contribution < 1.29 is 14.6 Å². The van der Waals surface area contributed by atoms with Crippen molar-refractivity contribution in [3.8, 4) is 0 Å². The highest BCUT2D eigenvalue weighted by Gasteiger charge is 2.22. The van der Waals surface area contributed by atoms with Crippen LogP contribution < -0.4 is 0 Å². The van der Waals surface area contributed by atoms with Crippen LogP contribution in [0.3, 0.4) is 0 Å². The van der Waals surface area contributed by atoms with Crippen molar-refractivity contribution in [3.05, 3.63) is 0 Å². The Morgan fingerprint density at radius 3 is 2.56 bits per heavy atom. The Balaban J connectivity index is 0.000000640. The zero-order chi connectivity index (χ0) is 5.98. The standard InChI is InChI=1S/C5H8O3.CH4/c6-2-5-1-4(7)3-8-5;/h2,4-5,7H,1,3H2;1H4. The zero-order valence-corrected chi connectivity index (χ0v) is 4.41. The molecular formula is C6H12O3. The monoisotopic (exact) mass is 132 g/mol. The van der Waals surface area contributed by atoms with Gasteiger partial charge >= 0.3 is 0 Å². The predicted octanol–water partition coefficient (Wildman–Crippen LogP) is -0.0288. The number of ether oxygens (including phenoxy) is 1. The van der Waals surface area contributed by atoms with Crippen LogP contribution in [0.1, 0.15) is 13.8 Å². The first-order valence-electron chi connectivity index (χ1n) is 2.58. The Labute approximate surface area is 54.6 Å². The number of hydrogen-bond acceptors (Lipinski definition) is 3. The molecule has 1 aliphatic rings. The third kappa shape index (κ3) is 2.11. The second-order valence-electron chi connectivity index (χ2n) is 1.90. The second-order valence-corrected chi connectivity index (χ2v) is 1.90. The zero-order valence-electron chi connectivity index (χ0n) is 4.41. The van der Waals surface area contributed by atoms with Crippen LogP contribution in [0, 0.1) is 0 Å². The van der Waals surface area contributed by atoms with Crippen molar-refractivity contribution in [1.29, 1.82) is 0 Å². The summed E-state index contributed by atoms with van der Waals surface area (Å²) in [5, 5.41) is 8.75. The summed E-state index contributed by atoms with van der Waals surface area (Å²) >= 11 is 0. The van der Waals surface area contributed by atoms with Gasteiger partial charge in [0.15, 0.2) is 0 Å². The Bertz CT molecular complexity index is 92.3. The van der Waals surface area contributed by atoms with Gasteiger partial charge in [-0.25, -0.2) is 0 Å². The van der Waals surface area contributed by atoms with Gasteiger partial charge in [0.2, 0.25) is 0 Å². The van der Waals surface area contributed by atoms with E-state index in [0.29, 0.717) is 13.0 Å². The SMILES string of the molecule is C.O=CC1CC(O)CO1. The molecule has 1 heterocycles. The van der Waals surface area contributed by atoms with E-state index in [1.807, 2.05) is 0 Å². The number of aliphatic hydroxyl groups excluding tert-OH is 1. The molecule has 1 N–H and O–H groups in total. The Morgan fingerprint density at radius 2 is 2.33 bits per heavy atom. The Kier molecular flexibility index (Phi) is 3.42. The highest BCUT2D eigenvalue weighted by atomic mass is 16.5. The number of aliphatic hydroxyl groups is 1. The summed E-state index contributed by atoms with van der Waals surface area (Å²) < 4.78 is 4.80. The number of aldehydes is 1. The predicted molar refractivity (Wildman–Crippen MR) is 33.2 cm³/mol. The number of hydrogen-bond donors (Lipinski definition) is 1. The van der Waals surface area contributed by atoms with Crippen LogP contribution in [0.25, 0.3) is 0 Å². The molecule has 1 saturated heterocycles. The highest BCUT2D eigenvalue weighted by molar-refractivity contribution is 5.56. The van der Waals surface area contributed by atoms with Crippen LogP contribution in [-0.4, -0.2) is 30.2 Å². The first-order chi connectivity index (χ1) is 3.83. The third-order valence-electron chi connectivity index (χ3n) is 1.16. The summed E-state index contributed by atoms with van der Waals surface area (Å²) in [4.78, 5) is 9.92. The van der Waals surface area contributed by atoms with E-state index in [2.05, 4.69) is 0 Å². The molecule has 0 saturated carbocycles. The smallest absolute Gasteiger partial charge is 0.148 e. The highest BCUT2D eigenvalue weighted by Crippen LogP contribution is 2.09. The molecule has 3 nitrogen and oxygen atoms in total. The minimum Gasteiger partial charge on any atom is -0.391 e. The summed E-state index contributed by atoms with van der Waals surface area (Å²) in [5.74, 6) is 0. The molecule has 0 aromatic heterocycles. The van der Waals surface area contributed by atoms with E-state index in [1.165, 1.54) is 0 Å². The largest absolute Gasteiger partial charge is 0.391 e. The molecule has 2 unspecified atom stereocenters. The van der Waals surface area contributed by atoms with Crippen molar-refractivity contribution >= 4 is 6.29 Å². The molecule has 1 rings (SSSR count). The molecule has 0 aromatic carbocycles. The van der Waals surface area contributed by atoms with Crippen LogP contribution in [0.15, 0.2) is 0 Å². The Hall–Kier alpha value is -0.410. The summed E-state index contributed by atoms with van der Waals surface area (Å²) in [6, 6.07) is 0. The molecule has 0 bridgehead atoms. The van der Waals surface area contributed by atoms with Gasteiger partial charge in [-0.1, -0.05) is 7.43 Å². The van der Waals surface area contributed by atoms with Gasteiger partial charge < -0.3 is 14.6 Å². The fraction of sp³-hybridized carbons (Fsp3) is 0.833. The van der Waals surface area contributed by atoms with E-state index < -0.39 is 6.10 Å². The maximum atomic E-state index is 9.92. The molecule has 0 radical (unpaired) electrons. The summed E-state index contributed by atoms with van der Waals surface area (Å²) in [7, 11) is 0. The van der Waals surface area contributed by atoms with Crippen LogP contribution in [0.2, 0.25) is 0 Å². The molecule has 0 spiro atoms. The molecule has 0 amide bonds. The van der Waals surface area contributed by atoms with Gasteiger partial charge in [-0.3, -0.25) is 0 Å². The first kappa shape index (κ1) is 8.59. The molecule has 2 atom stereocenters. The normalized spacial score (nSPS) is 33.4. The maximum Gasteiger partial charge on any atom is 0.148 e. The average Bonchev–Trinajstić information content (AvgIpc) is 2.14. The maximum absolute atomic E-state index is 9.92. The van der Waals surface area contributed by atoms with Crippen molar-refractivity contribution in [3.63, 3.8) is 0 Å². The van der Waals surface area contributed by atoms with E-state index in [4.69, 9.17) is 9.84 Å². The quantitative estimate of drug-likeness (QED) is 0.510. The summed E-state index contributed by atoms with van der Waals surface area (Å²) in [5.41, 5.74) is 0. The topological polar surface area (TPSA) is 46.5 Å². The van der Waals surface area contributed by atoms with Crippen LogP contribution in [0.4, 0.5) is 0 Å². The van der Waals surface area contributed by atoms with E-state index in [0.717, 1.165) is 6.29 Å². The summed E-state index contributed by atoms with van der Waals surface area (Å²) in [6.45, 7) is 0.309. The Morgan fingerprint density at radius 1 is 1.67 bits per heavy atom. The minimum atomic E-state index is -0.426. The van der Waals surface area contributed by atoms with E-state index in [1.54, 1.807) is 0 Å². The molecule has 3 heteroatoms. The van der Waals surface area contributed by atoms with E-state index in [-0.39, 0.29) is 13.5 Å². The van der Waals surface area contributed by atoms with Gasteiger partial charge in [0.05, 0.1) is 12.7 Å². The molecule has 9 heavy (non-hydrogen) atoms. The number of carbonyl (C=O) groups is 1. The van der Waals surface area contributed by atoms with Crippen LogP contribution in [-0.2, 0) is 9.53 Å². The second kappa shape index (κ2) is 3.58. The van der Waals surface area contributed by atoms with Gasteiger partial charge in [-0.05, 0) is 0 Å². The van der Waals surface area contributed by atoms with Crippen molar-refractivity contribution in [2.45, 2.75) is 26.1 Å². The fourth-order valence-corrected chi connectivity index (χ4v) is 0.734. The van der Waals surface area contributed by atoms with Gasteiger partial charge in [-0.2, -0.15) is 0 Å². The van der Waals surface area contributed by atoms with Crippen LogP contribution in [0.5, 0.6) is 0 Å². The molecule has 0 aliphatic carbocycles. The number of carbonyl (C=O) groups excluding carboxylic acids is 1. The molecule has 1 fully saturated rings. The molecular weight excluding hydrogens is 120 g/mol. The average molecular weight is 132 g/mol. The van der Waals surface area contributed by atoms with Crippen molar-refractivity contribution in [1.82, 2.24) is 0 Å². The van der Waals surface area contributed by atoms with Crippen molar-refractivity contribution in [2.75, 3.05) is 6.61 Å². The van der Waals surface area contributed by atoms with Crippen molar-refractivity contribution in [2.24, 2.45) is 0 Å². The fourth-order valence-electron chi connectivity index (χ4n) is 0.734.